The van der Waals surface area contributed by atoms with Crippen molar-refractivity contribution in [3.63, 3.8) is 0 Å². The normalized spacial score (nSPS) is 20.8. The van der Waals surface area contributed by atoms with Gasteiger partial charge in [0.2, 0.25) is 0 Å². The van der Waals surface area contributed by atoms with E-state index in [1.54, 1.807) is 0 Å². The average Bonchev–Trinajstić information content (AvgIpc) is 3.02. The van der Waals surface area contributed by atoms with Crippen molar-refractivity contribution in [2.24, 2.45) is 0 Å². The van der Waals surface area contributed by atoms with Crippen LogP contribution >= 0.6 is 12.4 Å². The molecule has 4 heteroatoms. The Balaban J connectivity index is 0.000000963. The van der Waals surface area contributed by atoms with Gasteiger partial charge in [0.05, 0.1) is 5.69 Å². The fourth-order valence-electron chi connectivity index (χ4n) is 2.03. The molecule has 0 atom stereocenters. The number of hydrogen-bond donors (Lipinski definition) is 0. The van der Waals surface area contributed by atoms with E-state index in [0.717, 1.165) is 37.5 Å². The monoisotopic (exact) mass is 240 g/mol. The molecule has 1 aromatic rings. The van der Waals surface area contributed by atoms with Gasteiger partial charge in [-0.3, -0.25) is 4.90 Å². The maximum Gasteiger partial charge on any atom is 0.140 e. The second kappa shape index (κ2) is 5.02. The molecule has 3 nitrogen and oxygen atoms in total. The smallest absolute Gasteiger partial charge is 0.140 e. The van der Waals surface area contributed by atoms with Crippen LogP contribution in [0.1, 0.15) is 36.6 Å². The Morgan fingerprint density at radius 2 is 2.25 bits per heavy atom. The molecule has 2 heterocycles. The molecule has 0 radical (unpaired) electrons. The van der Waals surface area contributed by atoms with Gasteiger partial charge in [0.1, 0.15) is 5.76 Å². The van der Waals surface area contributed by atoms with E-state index in [2.05, 4.69) is 28.3 Å². The molecule has 0 aromatic carbocycles. The van der Waals surface area contributed by atoms with Crippen LogP contribution in [0.25, 0.3) is 0 Å². The zero-order chi connectivity index (χ0) is 10.1. The lowest BCUT2D eigenvalue weighted by Gasteiger charge is -2.21. The van der Waals surface area contributed by atoms with E-state index >= 15 is 0 Å². The average molecular weight is 241 g/mol. The Morgan fingerprint density at radius 1 is 1.38 bits per heavy atom. The summed E-state index contributed by atoms with van der Waals surface area (Å²) in [7, 11) is 0. The van der Waals surface area contributed by atoms with Crippen LogP contribution in [0.5, 0.6) is 0 Å². The van der Waals surface area contributed by atoms with Crippen molar-refractivity contribution in [2.75, 3.05) is 13.1 Å². The van der Waals surface area contributed by atoms with Crippen LogP contribution in [-0.4, -0.2) is 23.1 Å². The lowest BCUT2D eigenvalue weighted by Crippen LogP contribution is -2.26. The van der Waals surface area contributed by atoms with Crippen LogP contribution in [0, 0.1) is 0 Å². The summed E-state index contributed by atoms with van der Waals surface area (Å²) in [5, 5.41) is 4.13. The van der Waals surface area contributed by atoms with Gasteiger partial charge in [-0.25, -0.2) is 0 Å². The van der Waals surface area contributed by atoms with Gasteiger partial charge in [0, 0.05) is 31.6 Å². The number of nitrogens with zero attached hydrogens (tertiary/aromatic N) is 2. The van der Waals surface area contributed by atoms with E-state index in [9.17, 15) is 0 Å². The van der Waals surface area contributed by atoms with E-state index in [1.165, 1.54) is 12.8 Å². The highest BCUT2D eigenvalue weighted by molar-refractivity contribution is 5.85. The molecule has 1 aromatic heterocycles. The standard InChI is InChI=1S/C12H16N2O.ClH/c1-2-6-14(7-3-1)9-11-8-12(15-13-11)10-4-5-10;/h1-2,8,10H,3-7,9H2;1H. The summed E-state index contributed by atoms with van der Waals surface area (Å²) in [5.74, 6) is 1.77. The van der Waals surface area contributed by atoms with Crippen LogP contribution in [-0.2, 0) is 6.54 Å². The maximum absolute atomic E-state index is 5.34. The first-order valence-electron chi connectivity index (χ1n) is 5.74. The number of aromatic nitrogens is 1. The predicted molar refractivity (Wildman–Crippen MR) is 64.8 cm³/mol. The molecule has 0 bridgehead atoms. The van der Waals surface area contributed by atoms with Crippen molar-refractivity contribution >= 4 is 12.4 Å². The second-order valence-electron chi connectivity index (χ2n) is 4.49. The molecule has 0 unspecified atom stereocenters. The molecule has 0 saturated heterocycles. The minimum Gasteiger partial charge on any atom is -0.361 e. The molecule has 88 valence electrons. The molecular weight excluding hydrogens is 224 g/mol. The van der Waals surface area contributed by atoms with E-state index < -0.39 is 0 Å². The molecule has 1 saturated carbocycles. The minimum atomic E-state index is 0. The van der Waals surface area contributed by atoms with Crippen LogP contribution in [0.3, 0.4) is 0 Å². The van der Waals surface area contributed by atoms with Gasteiger partial charge in [-0.2, -0.15) is 0 Å². The van der Waals surface area contributed by atoms with E-state index in [4.69, 9.17) is 4.52 Å². The largest absolute Gasteiger partial charge is 0.361 e. The SMILES string of the molecule is C1=CCN(Cc2cc(C3CC3)on2)CC1.Cl. The third-order valence-electron chi connectivity index (χ3n) is 3.08. The predicted octanol–water partition coefficient (Wildman–Crippen LogP) is 2.74. The van der Waals surface area contributed by atoms with Gasteiger partial charge in [0.15, 0.2) is 0 Å². The van der Waals surface area contributed by atoms with Crippen molar-refractivity contribution < 1.29 is 4.52 Å². The van der Waals surface area contributed by atoms with E-state index in [0.29, 0.717) is 5.92 Å². The molecule has 16 heavy (non-hydrogen) atoms. The molecule has 1 aliphatic carbocycles. The summed E-state index contributed by atoms with van der Waals surface area (Å²) in [6.45, 7) is 3.12. The number of hydrogen-bond acceptors (Lipinski definition) is 3. The summed E-state index contributed by atoms with van der Waals surface area (Å²) < 4.78 is 5.34. The highest BCUT2D eigenvalue weighted by Gasteiger charge is 2.28. The Bertz CT molecular complexity index is 371. The molecule has 0 amide bonds. The third-order valence-corrected chi connectivity index (χ3v) is 3.08. The summed E-state index contributed by atoms with van der Waals surface area (Å²) in [5.41, 5.74) is 1.09. The zero-order valence-electron chi connectivity index (χ0n) is 9.26. The molecule has 1 aliphatic heterocycles. The highest BCUT2D eigenvalue weighted by atomic mass is 35.5. The summed E-state index contributed by atoms with van der Waals surface area (Å²) in [6, 6.07) is 2.13. The zero-order valence-corrected chi connectivity index (χ0v) is 10.1. The van der Waals surface area contributed by atoms with Crippen molar-refractivity contribution in [1.82, 2.24) is 10.1 Å². The van der Waals surface area contributed by atoms with E-state index in [-0.39, 0.29) is 12.4 Å². The first-order valence-corrected chi connectivity index (χ1v) is 5.74. The molecule has 1 fully saturated rings. The Labute approximate surface area is 102 Å². The maximum atomic E-state index is 5.34. The summed E-state index contributed by atoms with van der Waals surface area (Å²) in [6.07, 6.45) is 8.19. The van der Waals surface area contributed by atoms with Gasteiger partial charge in [-0.05, 0) is 19.3 Å². The van der Waals surface area contributed by atoms with Crippen LogP contribution in [0.15, 0.2) is 22.7 Å². The first-order chi connectivity index (χ1) is 7.42. The topological polar surface area (TPSA) is 29.3 Å². The third kappa shape index (κ3) is 2.66. The van der Waals surface area contributed by atoms with Crippen molar-refractivity contribution in [2.45, 2.75) is 31.7 Å². The number of halogens is 1. The first kappa shape index (κ1) is 11.7. The van der Waals surface area contributed by atoms with Crippen molar-refractivity contribution in [3.05, 3.63) is 29.7 Å². The second-order valence-corrected chi connectivity index (χ2v) is 4.49. The van der Waals surface area contributed by atoms with Crippen LogP contribution < -0.4 is 0 Å². The Kier molecular flexibility index (Phi) is 3.66. The highest BCUT2D eigenvalue weighted by Crippen LogP contribution is 2.40. The van der Waals surface area contributed by atoms with Gasteiger partial charge in [-0.15, -0.1) is 12.4 Å². The Morgan fingerprint density at radius 3 is 2.94 bits per heavy atom. The van der Waals surface area contributed by atoms with Gasteiger partial charge in [-0.1, -0.05) is 17.3 Å². The lowest BCUT2D eigenvalue weighted by atomic mass is 10.2. The fraction of sp³-hybridized carbons (Fsp3) is 0.583. The molecule has 2 aliphatic rings. The van der Waals surface area contributed by atoms with Crippen LogP contribution in [0.2, 0.25) is 0 Å². The van der Waals surface area contributed by atoms with Crippen LogP contribution in [0.4, 0.5) is 0 Å². The molecule has 3 rings (SSSR count). The van der Waals surface area contributed by atoms with Crippen molar-refractivity contribution in [1.29, 1.82) is 0 Å². The molecule has 0 N–H and O–H groups in total. The minimum absolute atomic E-state index is 0. The summed E-state index contributed by atoms with van der Waals surface area (Å²) >= 11 is 0. The fourth-order valence-corrected chi connectivity index (χ4v) is 2.03. The van der Waals surface area contributed by atoms with Crippen molar-refractivity contribution in [3.8, 4) is 0 Å². The number of rotatable bonds is 3. The quantitative estimate of drug-likeness (QED) is 0.761. The summed E-state index contributed by atoms with van der Waals surface area (Å²) in [4.78, 5) is 2.40. The van der Waals surface area contributed by atoms with Gasteiger partial charge < -0.3 is 4.52 Å². The Hall–Kier alpha value is -0.800. The molecule has 0 spiro atoms. The van der Waals surface area contributed by atoms with Gasteiger partial charge in [0.25, 0.3) is 0 Å². The lowest BCUT2D eigenvalue weighted by molar-refractivity contribution is 0.277. The van der Waals surface area contributed by atoms with E-state index in [1.807, 2.05) is 0 Å². The molecular formula is C12H17ClN2O. The van der Waals surface area contributed by atoms with Gasteiger partial charge >= 0.3 is 0 Å².